The van der Waals surface area contributed by atoms with E-state index in [1.807, 2.05) is 6.07 Å². The third kappa shape index (κ3) is 3.21. The van der Waals surface area contributed by atoms with Crippen molar-refractivity contribution in [2.24, 2.45) is 4.99 Å². The molecule has 1 rings (SSSR count). The molecule has 3 heteroatoms. The second-order valence-electron chi connectivity index (χ2n) is 5.41. The van der Waals surface area contributed by atoms with E-state index >= 15 is 0 Å². The fourth-order valence-electron chi connectivity index (χ4n) is 1.93. The highest BCUT2D eigenvalue weighted by Gasteiger charge is 2.25. The molecule has 0 unspecified atom stereocenters. The molecular weight excluding hydrogens is 226 g/mol. The number of rotatable bonds is 5. The molecule has 0 aliphatic carbocycles. The zero-order valence-corrected chi connectivity index (χ0v) is 11.8. The van der Waals surface area contributed by atoms with Gasteiger partial charge in [-0.15, -0.1) is 0 Å². The molecule has 0 N–H and O–H groups in total. The number of carbonyl (C=O) groups excluding carboxylic acids is 1. The van der Waals surface area contributed by atoms with Crippen molar-refractivity contribution in [2.45, 2.75) is 39.0 Å². The van der Waals surface area contributed by atoms with Gasteiger partial charge in [-0.25, -0.2) is 9.79 Å². The van der Waals surface area contributed by atoms with Gasteiger partial charge in [0, 0.05) is 11.0 Å². The van der Waals surface area contributed by atoms with Gasteiger partial charge in [-0.05, 0) is 17.5 Å². The number of aliphatic imine (C=N–C) groups is 1. The summed E-state index contributed by atoms with van der Waals surface area (Å²) in [7, 11) is 1.66. The predicted molar refractivity (Wildman–Crippen MR) is 73.1 cm³/mol. The van der Waals surface area contributed by atoms with E-state index in [1.54, 1.807) is 13.2 Å². The minimum atomic E-state index is -0.242. The average molecular weight is 247 g/mol. The molecule has 0 bridgehead atoms. The summed E-state index contributed by atoms with van der Waals surface area (Å²) < 4.78 is 5.41. The van der Waals surface area contributed by atoms with Gasteiger partial charge in [0.05, 0.1) is 13.7 Å². The smallest absolute Gasteiger partial charge is 0.234 e. The fourth-order valence-corrected chi connectivity index (χ4v) is 1.93. The predicted octanol–water partition coefficient (Wildman–Crippen LogP) is 3.43. The van der Waals surface area contributed by atoms with Crippen molar-refractivity contribution < 1.29 is 9.53 Å². The van der Waals surface area contributed by atoms with E-state index in [0.29, 0.717) is 12.5 Å². The minimum absolute atomic E-state index is 0.242. The Hall–Kier alpha value is -1.60. The Kier molecular flexibility index (Phi) is 4.69. The molecule has 0 aliphatic rings. The standard InChI is InChI=1S/C15H21NO2/c1-11(2)12-6-7-14(18-5)13(8-12)15(3,4)9-16-10-17/h6-8,11H,9H2,1-5H3. The molecule has 0 amide bonds. The lowest BCUT2D eigenvalue weighted by Gasteiger charge is -2.26. The van der Waals surface area contributed by atoms with E-state index in [4.69, 9.17) is 4.74 Å². The molecule has 0 spiro atoms. The van der Waals surface area contributed by atoms with Crippen LogP contribution in [0.25, 0.3) is 0 Å². The number of methoxy groups -OCH3 is 1. The summed E-state index contributed by atoms with van der Waals surface area (Å²) in [6.07, 6.45) is 1.60. The Morgan fingerprint density at radius 1 is 1.39 bits per heavy atom. The van der Waals surface area contributed by atoms with Gasteiger partial charge in [-0.1, -0.05) is 39.8 Å². The van der Waals surface area contributed by atoms with Crippen LogP contribution in [0.3, 0.4) is 0 Å². The lowest BCUT2D eigenvalue weighted by Crippen LogP contribution is -2.22. The quantitative estimate of drug-likeness (QED) is 0.590. The maximum atomic E-state index is 10.3. The van der Waals surface area contributed by atoms with Crippen LogP contribution in [0.4, 0.5) is 0 Å². The first-order valence-corrected chi connectivity index (χ1v) is 6.14. The maximum Gasteiger partial charge on any atom is 0.234 e. The van der Waals surface area contributed by atoms with Crippen LogP contribution in [-0.2, 0) is 10.2 Å². The largest absolute Gasteiger partial charge is 0.496 e. The summed E-state index contributed by atoms with van der Waals surface area (Å²) in [4.78, 5) is 14.0. The van der Waals surface area contributed by atoms with Crippen LogP contribution in [0.15, 0.2) is 23.2 Å². The van der Waals surface area contributed by atoms with Crippen molar-refractivity contribution in [1.29, 1.82) is 0 Å². The highest BCUT2D eigenvalue weighted by Crippen LogP contribution is 2.34. The van der Waals surface area contributed by atoms with Crippen molar-refractivity contribution in [3.8, 4) is 5.75 Å². The second kappa shape index (κ2) is 5.83. The van der Waals surface area contributed by atoms with Crippen LogP contribution in [-0.4, -0.2) is 19.7 Å². The maximum absolute atomic E-state index is 10.3. The van der Waals surface area contributed by atoms with E-state index in [1.165, 1.54) is 5.56 Å². The number of benzene rings is 1. The van der Waals surface area contributed by atoms with Crippen LogP contribution < -0.4 is 4.74 Å². The van der Waals surface area contributed by atoms with Gasteiger partial charge >= 0.3 is 0 Å². The summed E-state index contributed by atoms with van der Waals surface area (Å²) in [6, 6.07) is 6.20. The van der Waals surface area contributed by atoms with Gasteiger partial charge in [0.25, 0.3) is 0 Å². The molecule has 0 aromatic heterocycles. The SMILES string of the molecule is COc1ccc(C(C)C)cc1C(C)(C)CN=C=O. The Balaban J connectivity index is 3.26. The van der Waals surface area contributed by atoms with Gasteiger partial charge in [0.1, 0.15) is 5.75 Å². The zero-order valence-electron chi connectivity index (χ0n) is 11.8. The Morgan fingerprint density at radius 3 is 2.56 bits per heavy atom. The van der Waals surface area contributed by atoms with E-state index < -0.39 is 0 Å². The van der Waals surface area contributed by atoms with Gasteiger partial charge < -0.3 is 4.74 Å². The van der Waals surface area contributed by atoms with Gasteiger partial charge in [0.2, 0.25) is 6.08 Å². The number of hydrogen-bond donors (Lipinski definition) is 0. The van der Waals surface area contributed by atoms with Gasteiger partial charge in [-0.3, -0.25) is 0 Å². The second-order valence-corrected chi connectivity index (χ2v) is 5.41. The van der Waals surface area contributed by atoms with Crippen molar-refractivity contribution in [3.05, 3.63) is 29.3 Å². The van der Waals surface area contributed by atoms with Crippen molar-refractivity contribution >= 4 is 6.08 Å². The summed E-state index contributed by atoms with van der Waals surface area (Å²) >= 11 is 0. The summed E-state index contributed by atoms with van der Waals surface area (Å²) in [5.74, 6) is 1.30. The molecule has 0 fully saturated rings. The Bertz CT molecular complexity index is 458. The first-order valence-electron chi connectivity index (χ1n) is 6.14. The van der Waals surface area contributed by atoms with Crippen molar-refractivity contribution in [3.63, 3.8) is 0 Å². The monoisotopic (exact) mass is 247 g/mol. The molecule has 0 aliphatic heterocycles. The van der Waals surface area contributed by atoms with Crippen LogP contribution in [0.2, 0.25) is 0 Å². The molecule has 0 saturated carbocycles. The number of ether oxygens (including phenoxy) is 1. The molecular formula is C15H21NO2. The average Bonchev–Trinajstić information content (AvgIpc) is 2.35. The fraction of sp³-hybridized carbons (Fsp3) is 0.533. The van der Waals surface area contributed by atoms with Crippen LogP contribution in [0, 0.1) is 0 Å². The lowest BCUT2D eigenvalue weighted by molar-refractivity contribution is 0.393. The highest BCUT2D eigenvalue weighted by atomic mass is 16.5. The topological polar surface area (TPSA) is 38.7 Å². The first-order chi connectivity index (χ1) is 8.42. The number of hydrogen-bond acceptors (Lipinski definition) is 3. The van der Waals surface area contributed by atoms with Crippen LogP contribution in [0.5, 0.6) is 5.75 Å². The third-order valence-corrected chi connectivity index (χ3v) is 3.16. The van der Waals surface area contributed by atoms with Crippen LogP contribution in [0.1, 0.15) is 44.7 Å². The third-order valence-electron chi connectivity index (χ3n) is 3.16. The summed E-state index contributed by atoms with van der Waals surface area (Å²) in [6.45, 7) is 8.82. The molecule has 1 aromatic rings. The zero-order chi connectivity index (χ0) is 13.8. The van der Waals surface area contributed by atoms with E-state index in [-0.39, 0.29) is 5.41 Å². The van der Waals surface area contributed by atoms with Crippen molar-refractivity contribution in [1.82, 2.24) is 0 Å². The van der Waals surface area contributed by atoms with E-state index in [9.17, 15) is 4.79 Å². The lowest BCUT2D eigenvalue weighted by atomic mass is 9.82. The van der Waals surface area contributed by atoms with Gasteiger partial charge in [0.15, 0.2) is 0 Å². The molecule has 3 nitrogen and oxygen atoms in total. The van der Waals surface area contributed by atoms with Crippen LogP contribution >= 0.6 is 0 Å². The highest BCUT2D eigenvalue weighted by molar-refractivity contribution is 5.44. The van der Waals surface area contributed by atoms with Crippen molar-refractivity contribution in [2.75, 3.05) is 13.7 Å². The Morgan fingerprint density at radius 2 is 2.06 bits per heavy atom. The minimum Gasteiger partial charge on any atom is -0.496 e. The molecule has 1 aromatic carbocycles. The normalized spacial score (nSPS) is 11.2. The summed E-state index contributed by atoms with van der Waals surface area (Å²) in [5, 5.41) is 0. The summed E-state index contributed by atoms with van der Waals surface area (Å²) in [5.41, 5.74) is 2.09. The van der Waals surface area contributed by atoms with E-state index in [0.717, 1.165) is 11.3 Å². The molecule has 98 valence electrons. The molecule has 0 saturated heterocycles. The van der Waals surface area contributed by atoms with E-state index in [2.05, 4.69) is 44.8 Å². The first kappa shape index (κ1) is 14.5. The molecule has 18 heavy (non-hydrogen) atoms. The Labute approximate surface area is 109 Å². The molecule has 0 atom stereocenters. The molecule has 0 radical (unpaired) electrons. The molecule has 0 heterocycles. The number of nitrogens with zero attached hydrogens (tertiary/aromatic N) is 1. The van der Waals surface area contributed by atoms with Gasteiger partial charge in [-0.2, -0.15) is 0 Å². The number of isocyanates is 1.